The molecular weight excluding hydrogens is 178 g/mol. The summed E-state index contributed by atoms with van der Waals surface area (Å²) in [6, 6.07) is 10.9. The number of carbonyl (C=O) groups excluding carboxylic acids is 1. The molecule has 0 aromatic heterocycles. The van der Waals surface area contributed by atoms with Crippen LogP contribution in [0.25, 0.3) is 6.08 Å². The number of nitrogens with zero attached hydrogens (tertiary/aromatic N) is 1. The highest BCUT2D eigenvalue weighted by molar-refractivity contribution is 6.01. The molecule has 0 saturated carbocycles. The Labute approximate surface area is 81.6 Å². The molecule has 14 heavy (non-hydrogen) atoms. The second kappa shape index (κ2) is 4.80. The van der Waals surface area contributed by atoms with Crippen LogP contribution in [0.1, 0.15) is 5.56 Å². The Morgan fingerprint density at radius 3 is 2.57 bits per heavy atom. The molecule has 4 nitrogen and oxygen atoms in total. The maximum atomic E-state index is 11.0. The van der Waals surface area contributed by atoms with Crippen LogP contribution in [0.3, 0.4) is 0 Å². The van der Waals surface area contributed by atoms with Crippen LogP contribution >= 0.6 is 0 Å². The minimum atomic E-state index is -0.587. The number of nitrogens with two attached hydrogens (primary N) is 1. The summed E-state index contributed by atoms with van der Waals surface area (Å²) in [6.45, 7) is 0. The van der Waals surface area contributed by atoms with Crippen molar-refractivity contribution in [1.82, 2.24) is 5.43 Å². The lowest BCUT2D eigenvalue weighted by molar-refractivity contribution is -0.117. The quantitative estimate of drug-likeness (QED) is 0.234. The van der Waals surface area contributed by atoms with Crippen molar-refractivity contribution in [3.05, 3.63) is 41.5 Å². The van der Waals surface area contributed by atoms with Gasteiger partial charge in [0.15, 0.2) is 0 Å². The summed E-state index contributed by atoms with van der Waals surface area (Å²) in [5, 5.41) is 8.65. The van der Waals surface area contributed by atoms with E-state index in [1.54, 1.807) is 18.2 Å². The van der Waals surface area contributed by atoms with Crippen LogP contribution in [0, 0.1) is 11.3 Å². The molecule has 0 heterocycles. The normalized spacial score (nSPS) is 10.4. The van der Waals surface area contributed by atoms with Gasteiger partial charge in [-0.15, -0.1) is 0 Å². The van der Waals surface area contributed by atoms with Crippen LogP contribution in [-0.4, -0.2) is 5.91 Å². The van der Waals surface area contributed by atoms with Gasteiger partial charge in [-0.05, 0) is 11.6 Å². The van der Waals surface area contributed by atoms with E-state index in [-0.39, 0.29) is 5.57 Å². The second-order valence-electron chi connectivity index (χ2n) is 2.55. The number of rotatable bonds is 2. The van der Waals surface area contributed by atoms with E-state index in [1.807, 2.05) is 23.6 Å². The molecule has 4 heteroatoms. The lowest BCUT2D eigenvalue weighted by Gasteiger charge is -1.96. The molecule has 0 aliphatic carbocycles. The van der Waals surface area contributed by atoms with Crippen molar-refractivity contribution in [2.45, 2.75) is 0 Å². The summed E-state index contributed by atoms with van der Waals surface area (Å²) in [4.78, 5) is 11.0. The average molecular weight is 187 g/mol. The van der Waals surface area contributed by atoms with Crippen molar-refractivity contribution in [2.24, 2.45) is 5.84 Å². The summed E-state index contributed by atoms with van der Waals surface area (Å²) in [5.74, 6) is 4.32. The lowest BCUT2D eigenvalue weighted by atomic mass is 10.1. The van der Waals surface area contributed by atoms with E-state index in [0.29, 0.717) is 0 Å². The van der Waals surface area contributed by atoms with Crippen molar-refractivity contribution < 1.29 is 4.79 Å². The molecule has 0 spiro atoms. The van der Waals surface area contributed by atoms with Gasteiger partial charge in [0, 0.05) is 0 Å². The summed E-state index contributed by atoms with van der Waals surface area (Å²) in [7, 11) is 0. The molecule has 0 radical (unpaired) electrons. The minimum absolute atomic E-state index is 0.0151. The molecule has 1 amide bonds. The summed E-state index contributed by atoms with van der Waals surface area (Å²) < 4.78 is 0. The van der Waals surface area contributed by atoms with Crippen LogP contribution in [0.2, 0.25) is 0 Å². The Hall–Kier alpha value is -2.12. The fraction of sp³-hybridized carbons (Fsp3) is 0. The van der Waals surface area contributed by atoms with Crippen molar-refractivity contribution in [3.63, 3.8) is 0 Å². The zero-order valence-corrected chi connectivity index (χ0v) is 7.40. The highest BCUT2D eigenvalue weighted by Gasteiger charge is 2.05. The maximum Gasteiger partial charge on any atom is 0.275 e. The topological polar surface area (TPSA) is 78.9 Å². The number of amides is 1. The third kappa shape index (κ3) is 2.44. The van der Waals surface area contributed by atoms with Gasteiger partial charge in [0.1, 0.15) is 11.6 Å². The van der Waals surface area contributed by atoms with Gasteiger partial charge in [0.05, 0.1) is 0 Å². The van der Waals surface area contributed by atoms with Crippen molar-refractivity contribution in [1.29, 1.82) is 5.26 Å². The fourth-order valence-electron chi connectivity index (χ4n) is 0.942. The van der Waals surface area contributed by atoms with E-state index >= 15 is 0 Å². The minimum Gasteiger partial charge on any atom is -0.290 e. The van der Waals surface area contributed by atoms with Crippen molar-refractivity contribution in [2.75, 3.05) is 0 Å². The van der Waals surface area contributed by atoms with E-state index < -0.39 is 5.91 Å². The summed E-state index contributed by atoms with van der Waals surface area (Å²) in [5.41, 5.74) is 2.68. The van der Waals surface area contributed by atoms with Gasteiger partial charge in [-0.3, -0.25) is 10.2 Å². The Bertz CT molecular complexity index is 390. The number of benzene rings is 1. The Morgan fingerprint density at radius 1 is 1.43 bits per heavy atom. The Balaban J connectivity index is 2.97. The number of hydrazine groups is 1. The predicted molar refractivity (Wildman–Crippen MR) is 52.4 cm³/mol. The molecule has 0 unspecified atom stereocenters. The van der Waals surface area contributed by atoms with E-state index in [1.165, 1.54) is 6.08 Å². The van der Waals surface area contributed by atoms with Gasteiger partial charge in [-0.25, -0.2) is 5.84 Å². The number of nitrogens with one attached hydrogen (secondary N) is 1. The second-order valence-corrected chi connectivity index (χ2v) is 2.55. The van der Waals surface area contributed by atoms with Gasteiger partial charge in [0.2, 0.25) is 0 Å². The number of carbonyl (C=O) groups is 1. The largest absolute Gasteiger partial charge is 0.290 e. The van der Waals surface area contributed by atoms with Crippen molar-refractivity contribution >= 4 is 12.0 Å². The number of hydrogen-bond acceptors (Lipinski definition) is 3. The zero-order valence-electron chi connectivity index (χ0n) is 7.40. The highest BCUT2D eigenvalue weighted by atomic mass is 16.2. The molecule has 3 N–H and O–H groups in total. The summed E-state index contributed by atoms with van der Waals surface area (Å²) in [6.07, 6.45) is 1.47. The van der Waals surface area contributed by atoms with Crippen LogP contribution < -0.4 is 11.3 Å². The van der Waals surface area contributed by atoms with Gasteiger partial charge < -0.3 is 0 Å². The molecule has 0 fully saturated rings. The average Bonchev–Trinajstić information content (AvgIpc) is 2.26. The Kier molecular flexibility index (Phi) is 3.41. The number of hydrogen-bond donors (Lipinski definition) is 2. The molecule has 0 bridgehead atoms. The van der Waals surface area contributed by atoms with E-state index in [0.717, 1.165) is 5.56 Å². The van der Waals surface area contributed by atoms with E-state index in [2.05, 4.69) is 0 Å². The smallest absolute Gasteiger partial charge is 0.275 e. The molecular formula is C10H9N3O. The first-order valence-corrected chi connectivity index (χ1v) is 3.95. The van der Waals surface area contributed by atoms with Crippen LogP contribution in [-0.2, 0) is 4.79 Å². The van der Waals surface area contributed by atoms with E-state index in [4.69, 9.17) is 11.1 Å². The number of nitriles is 1. The molecule has 1 aromatic carbocycles. The lowest BCUT2D eigenvalue weighted by Crippen LogP contribution is -2.30. The standard InChI is InChI=1S/C10H9N3O/c11-7-9(10(14)13-12)6-8-4-2-1-3-5-8/h1-6H,12H2,(H,13,14). The first kappa shape index (κ1) is 9.96. The molecule has 1 rings (SSSR count). The molecule has 0 atom stereocenters. The van der Waals surface area contributed by atoms with Crippen molar-refractivity contribution in [3.8, 4) is 6.07 Å². The molecule has 0 saturated heterocycles. The molecule has 0 aliphatic heterocycles. The fourth-order valence-corrected chi connectivity index (χ4v) is 0.942. The molecule has 1 aromatic rings. The van der Waals surface area contributed by atoms with Crippen LogP contribution in [0.15, 0.2) is 35.9 Å². The summed E-state index contributed by atoms with van der Waals surface area (Å²) >= 11 is 0. The molecule has 0 aliphatic rings. The Morgan fingerprint density at radius 2 is 2.07 bits per heavy atom. The van der Waals surface area contributed by atoms with E-state index in [9.17, 15) is 4.79 Å². The van der Waals surface area contributed by atoms with Crippen LogP contribution in [0.4, 0.5) is 0 Å². The van der Waals surface area contributed by atoms with Gasteiger partial charge >= 0.3 is 0 Å². The highest BCUT2D eigenvalue weighted by Crippen LogP contribution is 2.05. The molecule has 70 valence electrons. The van der Waals surface area contributed by atoms with Crippen LogP contribution in [0.5, 0.6) is 0 Å². The maximum absolute atomic E-state index is 11.0. The predicted octanol–water partition coefficient (Wildman–Crippen LogP) is 0.583. The zero-order chi connectivity index (χ0) is 10.4. The third-order valence-corrected chi connectivity index (χ3v) is 1.61. The third-order valence-electron chi connectivity index (χ3n) is 1.61. The van der Waals surface area contributed by atoms with Gasteiger partial charge in [0.25, 0.3) is 5.91 Å². The monoisotopic (exact) mass is 187 g/mol. The van der Waals surface area contributed by atoms with Gasteiger partial charge in [-0.2, -0.15) is 5.26 Å². The first-order chi connectivity index (χ1) is 6.77. The first-order valence-electron chi connectivity index (χ1n) is 3.95. The SMILES string of the molecule is N#CC(=Cc1ccccc1)C(=O)NN. The van der Waals surface area contributed by atoms with Gasteiger partial charge in [-0.1, -0.05) is 30.3 Å².